The normalized spacial score (nSPS) is 25.5. The summed E-state index contributed by atoms with van der Waals surface area (Å²) in [5, 5.41) is 0. The highest BCUT2D eigenvalue weighted by atomic mass is 16.5. The van der Waals surface area contributed by atoms with Crippen molar-refractivity contribution in [2.45, 2.75) is 48.0 Å². The van der Waals surface area contributed by atoms with E-state index in [0.29, 0.717) is 10.8 Å². The average molecular weight is 172 g/mol. The summed E-state index contributed by atoms with van der Waals surface area (Å²) in [6.07, 6.45) is 1.28. The second-order valence-electron chi connectivity index (χ2n) is 5.00. The van der Waals surface area contributed by atoms with Crippen LogP contribution in [0.2, 0.25) is 0 Å². The van der Waals surface area contributed by atoms with Crippen LogP contribution in [0.25, 0.3) is 0 Å². The summed E-state index contributed by atoms with van der Waals surface area (Å²) in [6, 6.07) is 0. The molecule has 74 valence electrons. The van der Waals surface area contributed by atoms with Gasteiger partial charge >= 0.3 is 0 Å². The van der Waals surface area contributed by atoms with E-state index in [2.05, 4.69) is 27.7 Å². The molecule has 12 heavy (non-hydrogen) atoms. The van der Waals surface area contributed by atoms with Crippen molar-refractivity contribution >= 4 is 0 Å². The van der Waals surface area contributed by atoms with Gasteiger partial charge in [0.15, 0.2) is 0 Å². The highest BCUT2D eigenvalue weighted by Gasteiger charge is 2.33. The fourth-order valence-corrected chi connectivity index (χ4v) is 2.00. The van der Waals surface area contributed by atoms with E-state index in [1.54, 1.807) is 0 Å². The Morgan fingerprint density at radius 3 is 1.33 bits per heavy atom. The van der Waals surface area contributed by atoms with Crippen LogP contribution in [-0.4, -0.2) is 13.2 Å². The summed E-state index contributed by atoms with van der Waals surface area (Å²) in [5.41, 5.74) is 0.781. The molecule has 0 aromatic carbocycles. The molecule has 0 spiro atoms. The van der Waals surface area contributed by atoms with Crippen molar-refractivity contribution in [3.8, 4) is 0 Å². The third-order valence-corrected chi connectivity index (χ3v) is 1.94. The third-order valence-electron chi connectivity index (χ3n) is 1.94. The molecule has 1 nitrogen and oxygen atoms in total. The lowest BCUT2D eigenvalue weighted by Crippen LogP contribution is -2.36. The number of hydrogen-bond acceptors (Lipinski definition) is 1. The maximum absolute atomic E-state index is 5.50. The molecule has 0 aromatic heterocycles. The highest BCUT2D eigenvalue weighted by Crippen LogP contribution is 2.37. The number of rotatable bonds is 0. The van der Waals surface area contributed by atoms with Crippen molar-refractivity contribution in [1.29, 1.82) is 0 Å². The first-order chi connectivity index (χ1) is 5.41. The highest BCUT2D eigenvalue weighted by molar-refractivity contribution is 4.82. The Kier molecular flexibility index (Phi) is 4.25. The molecule has 0 N–H and O–H groups in total. The van der Waals surface area contributed by atoms with Crippen molar-refractivity contribution in [3.05, 3.63) is 0 Å². The van der Waals surface area contributed by atoms with Gasteiger partial charge in [0.2, 0.25) is 0 Å². The molecule has 0 amide bonds. The van der Waals surface area contributed by atoms with Gasteiger partial charge in [-0.15, -0.1) is 0 Å². The predicted molar refractivity (Wildman–Crippen MR) is 54.3 cm³/mol. The van der Waals surface area contributed by atoms with Crippen LogP contribution in [-0.2, 0) is 4.74 Å². The molecule has 1 saturated heterocycles. The maximum Gasteiger partial charge on any atom is 0.0517 e. The minimum atomic E-state index is 0.391. The van der Waals surface area contributed by atoms with Crippen LogP contribution in [0.4, 0.5) is 0 Å². The van der Waals surface area contributed by atoms with Crippen LogP contribution in [0.1, 0.15) is 48.0 Å². The van der Waals surface area contributed by atoms with E-state index >= 15 is 0 Å². The van der Waals surface area contributed by atoms with Crippen LogP contribution in [0.15, 0.2) is 0 Å². The van der Waals surface area contributed by atoms with Gasteiger partial charge in [-0.3, -0.25) is 0 Å². The van der Waals surface area contributed by atoms with Crippen LogP contribution in [0.5, 0.6) is 0 Å². The quantitative estimate of drug-likeness (QED) is 0.543. The van der Waals surface area contributed by atoms with Gasteiger partial charge in [-0.05, 0) is 17.3 Å². The standard InChI is InChI=1S/C9H18O.C2H6/c1-8(2)5-9(3,4)7-10-6-8;1-2/h5-7H2,1-4H3;1-2H3. The van der Waals surface area contributed by atoms with Crippen molar-refractivity contribution in [2.24, 2.45) is 10.8 Å². The fourth-order valence-electron chi connectivity index (χ4n) is 2.00. The van der Waals surface area contributed by atoms with Gasteiger partial charge in [-0.1, -0.05) is 41.5 Å². The Morgan fingerprint density at radius 1 is 0.833 bits per heavy atom. The average Bonchev–Trinajstić information content (AvgIpc) is 1.86. The topological polar surface area (TPSA) is 9.23 Å². The van der Waals surface area contributed by atoms with E-state index in [1.807, 2.05) is 13.8 Å². The largest absolute Gasteiger partial charge is 0.380 e. The van der Waals surface area contributed by atoms with Gasteiger partial charge in [-0.2, -0.15) is 0 Å². The minimum absolute atomic E-state index is 0.391. The van der Waals surface area contributed by atoms with Crippen molar-refractivity contribution in [3.63, 3.8) is 0 Å². The zero-order chi connectivity index (χ0) is 9.83. The number of hydrogen-bond donors (Lipinski definition) is 0. The first-order valence-electron chi connectivity index (χ1n) is 4.99. The minimum Gasteiger partial charge on any atom is -0.380 e. The Labute approximate surface area is 77.5 Å². The Balaban J connectivity index is 0.000000561. The molecule has 1 rings (SSSR count). The Hall–Kier alpha value is -0.0400. The SMILES string of the molecule is CC.CC1(C)COCC(C)(C)C1. The van der Waals surface area contributed by atoms with Gasteiger partial charge in [0.05, 0.1) is 13.2 Å². The maximum atomic E-state index is 5.50. The fraction of sp³-hybridized carbons (Fsp3) is 1.00. The lowest BCUT2D eigenvalue weighted by molar-refractivity contribution is -0.0603. The van der Waals surface area contributed by atoms with Crippen LogP contribution >= 0.6 is 0 Å². The van der Waals surface area contributed by atoms with Gasteiger partial charge < -0.3 is 4.74 Å². The van der Waals surface area contributed by atoms with Gasteiger partial charge in [0.1, 0.15) is 0 Å². The summed E-state index contributed by atoms with van der Waals surface area (Å²) in [7, 11) is 0. The van der Waals surface area contributed by atoms with Crippen molar-refractivity contribution in [2.75, 3.05) is 13.2 Å². The third kappa shape index (κ3) is 4.10. The molecular formula is C11H24O. The monoisotopic (exact) mass is 172 g/mol. The molecule has 0 atom stereocenters. The van der Waals surface area contributed by atoms with E-state index in [0.717, 1.165) is 13.2 Å². The van der Waals surface area contributed by atoms with Gasteiger partial charge in [0, 0.05) is 0 Å². The van der Waals surface area contributed by atoms with Crippen LogP contribution < -0.4 is 0 Å². The zero-order valence-corrected chi connectivity index (χ0v) is 9.53. The lowest BCUT2D eigenvalue weighted by Gasteiger charge is -2.40. The first-order valence-corrected chi connectivity index (χ1v) is 4.99. The molecule has 1 heterocycles. The van der Waals surface area contributed by atoms with Crippen molar-refractivity contribution in [1.82, 2.24) is 0 Å². The second kappa shape index (κ2) is 4.27. The molecule has 1 aliphatic heterocycles. The molecule has 1 fully saturated rings. The summed E-state index contributed by atoms with van der Waals surface area (Å²) in [4.78, 5) is 0. The number of ether oxygens (including phenoxy) is 1. The Morgan fingerprint density at radius 2 is 1.17 bits per heavy atom. The van der Waals surface area contributed by atoms with E-state index in [-0.39, 0.29) is 0 Å². The molecule has 1 heteroatoms. The van der Waals surface area contributed by atoms with Crippen LogP contribution in [0, 0.1) is 10.8 Å². The molecule has 0 aliphatic carbocycles. The summed E-state index contributed by atoms with van der Waals surface area (Å²) >= 11 is 0. The predicted octanol–water partition coefficient (Wildman–Crippen LogP) is 3.49. The molecule has 0 saturated carbocycles. The zero-order valence-electron chi connectivity index (χ0n) is 9.53. The second-order valence-corrected chi connectivity index (χ2v) is 5.00. The lowest BCUT2D eigenvalue weighted by atomic mass is 9.74. The summed E-state index contributed by atoms with van der Waals surface area (Å²) in [6.45, 7) is 14.9. The van der Waals surface area contributed by atoms with Crippen LogP contribution in [0.3, 0.4) is 0 Å². The summed E-state index contributed by atoms with van der Waals surface area (Å²) in [5.74, 6) is 0. The van der Waals surface area contributed by atoms with E-state index in [9.17, 15) is 0 Å². The van der Waals surface area contributed by atoms with Crippen molar-refractivity contribution < 1.29 is 4.74 Å². The summed E-state index contributed by atoms with van der Waals surface area (Å²) < 4.78 is 5.50. The van der Waals surface area contributed by atoms with Gasteiger partial charge in [0.25, 0.3) is 0 Å². The van der Waals surface area contributed by atoms with Gasteiger partial charge in [-0.25, -0.2) is 0 Å². The molecule has 0 aromatic rings. The van der Waals surface area contributed by atoms with E-state index in [1.165, 1.54) is 6.42 Å². The van der Waals surface area contributed by atoms with E-state index < -0.39 is 0 Å². The Bertz CT molecular complexity index is 111. The van der Waals surface area contributed by atoms with E-state index in [4.69, 9.17) is 4.74 Å². The molecule has 0 radical (unpaired) electrons. The smallest absolute Gasteiger partial charge is 0.0517 e. The molecule has 0 unspecified atom stereocenters. The molecule has 0 bridgehead atoms. The molecular weight excluding hydrogens is 148 g/mol. The molecule has 1 aliphatic rings. The first kappa shape index (κ1) is 12.0.